The van der Waals surface area contributed by atoms with Gasteiger partial charge >= 0.3 is 0 Å². The summed E-state index contributed by atoms with van der Waals surface area (Å²) in [5, 5.41) is 3.04. The standard InChI is InChI=1S/C12H15BrFNO2S/c1-15-12(8-4-5-18(16,17)7-8)10-3-2-9(13)6-11(10)14/h2-3,6,8,12,15H,4-5,7H2,1H3. The van der Waals surface area contributed by atoms with Crippen LogP contribution in [-0.4, -0.2) is 27.0 Å². The molecule has 0 aliphatic carbocycles. The van der Waals surface area contributed by atoms with Crippen LogP contribution in [0.25, 0.3) is 0 Å². The van der Waals surface area contributed by atoms with E-state index in [1.165, 1.54) is 6.07 Å². The van der Waals surface area contributed by atoms with Crippen LogP contribution in [0.3, 0.4) is 0 Å². The van der Waals surface area contributed by atoms with Gasteiger partial charge in [0.05, 0.1) is 11.5 Å². The zero-order valence-corrected chi connectivity index (χ0v) is 12.4. The van der Waals surface area contributed by atoms with E-state index in [-0.39, 0.29) is 29.3 Å². The van der Waals surface area contributed by atoms with Gasteiger partial charge in [-0.1, -0.05) is 22.0 Å². The lowest BCUT2D eigenvalue weighted by Crippen LogP contribution is -2.27. The molecule has 2 atom stereocenters. The number of rotatable bonds is 3. The van der Waals surface area contributed by atoms with Gasteiger partial charge < -0.3 is 5.32 Å². The Morgan fingerprint density at radius 2 is 2.22 bits per heavy atom. The fourth-order valence-electron chi connectivity index (χ4n) is 2.49. The molecule has 0 spiro atoms. The maximum Gasteiger partial charge on any atom is 0.150 e. The minimum atomic E-state index is -2.95. The maximum atomic E-state index is 13.9. The first-order valence-corrected chi connectivity index (χ1v) is 8.37. The summed E-state index contributed by atoms with van der Waals surface area (Å²) in [5.41, 5.74) is 0.530. The Hall–Kier alpha value is -0.460. The molecule has 3 nitrogen and oxygen atoms in total. The van der Waals surface area contributed by atoms with Crippen LogP contribution in [0.2, 0.25) is 0 Å². The lowest BCUT2D eigenvalue weighted by molar-refractivity contribution is 0.403. The van der Waals surface area contributed by atoms with Crippen molar-refractivity contribution in [2.45, 2.75) is 12.5 Å². The molecule has 0 amide bonds. The highest BCUT2D eigenvalue weighted by molar-refractivity contribution is 9.10. The summed E-state index contributed by atoms with van der Waals surface area (Å²) in [6, 6.07) is 4.62. The molecule has 1 aromatic rings. The van der Waals surface area contributed by atoms with Crippen molar-refractivity contribution in [3.63, 3.8) is 0 Å². The molecule has 100 valence electrons. The average Bonchev–Trinajstić information content (AvgIpc) is 2.63. The third kappa shape index (κ3) is 2.92. The van der Waals surface area contributed by atoms with Crippen molar-refractivity contribution in [2.75, 3.05) is 18.6 Å². The highest BCUT2D eigenvalue weighted by Gasteiger charge is 2.34. The van der Waals surface area contributed by atoms with Gasteiger partial charge in [-0.3, -0.25) is 0 Å². The summed E-state index contributed by atoms with van der Waals surface area (Å²) in [6.45, 7) is 0. The Labute approximate surface area is 115 Å². The van der Waals surface area contributed by atoms with Crippen molar-refractivity contribution in [1.29, 1.82) is 0 Å². The molecule has 1 heterocycles. The first-order chi connectivity index (χ1) is 8.43. The fourth-order valence-corrected chi connectivity index (χ4v) is 4.66. The lowest BCUT2D eigenvalue weighted by Gasteiger charge is -2.23. The van der Waals surface area contributed by atoms with E-state index >= 15 is 0 Å². The third-order valence-corrected chi connectivity index (χ3v) is 5.63. The van der Waals surface area contributed by atoms with Crippen molar-refractivity contribution in [2.24, 2.45) is 5.92 Å². The first kappa shape index (κ1) is 14.0. The Bertz CT molecular complexity index is 547. The highest BCUT2D eigenvalue weighted by atomic mass is 79.9. The second-order valence-electron chi connectivity index (χ2n) is 4.60. The van der Waals surface area contributed by atoms with Gasteiger partial charge in [-0.05, 0) is 31.5 Å². The molecule has 0 bridgehead atoms. The van der Waals surface area contributed by atoms with E-state index in [2.05, 4.69) is 21.2 Å². The van der Waals surface area contributed by atoms with Crippen LogP contribution in [0.4, 0.5) is 4.39 Å². The van der Waals surface area contributed by atoms with Crippen molar-refractivity contribution < 1.29 is 12.8 Å². The molecule has 2 unspecified atom stereocenters. The zero-order valence-electron chi connectivity index (χ0n) is 9.99. The minimum absolute atomic E-state index is 0.0596. The molecule has 1 N–H and O–H groups in total. The van der Waals surface area contributed by atoms with Gasteiger partial charge in [-0.15, -0.1) is 0 Å². The molecule has 0 saturated carbocycles. The van der Waals surface area contributed by atoms with Crippen molar-refractivity contribution in [3.05, 3.63) is 34.1 Å². The summed E-state index contributed by atoms with van der Waals surface area (Å²) in [4.78, 5) is 0. The molecule has 0 radical (unpaired) electrons. The minimum Gasteiger partial charge on any atom is -0.313 e. The molecule has 2 rings (SSSR count). The largest absolute Gasteiger partial charge is 0.313 e. The number of sulfone groups is 1. The van der Waals surface area contributed by atoms with E-state index in [1.54, 1.807) is 19.2 Å². The van der Waals surface area contributed by atoms with Crippen LogP contribution in [0, 0.1) is 11.7 Å². The molecular formula is C12H15BrFNO2S. The SMILES string of the molecule is CNC(c1ccc(Br)cc1F)C1CCS(=O)(=O)C1. The van der Waals surface area contributed by atoms with Gasteiger partial charge in [0.1, 0.15) is 5.82 Å². The Kier molecular flexibility index (Phi) is 4.08. The van der Waals surface area contributed by atoms with Crippen LogP contribution in [0.15, 0.2) is 22.7 Å². The van der Waals surface area contributed by atoms with Gasteiger partial charge in [0.25, 0.3) is 0 Å². The van der Waals surface area contributed by atoms with Crippen LogP contribution < -0.4 is 5.32 Å². The van der Waals surface area contributed by atoms with E-state index in [9.17, 15) is 12.8 Å². The molecule has 1 fully saturated rings. The number of nitrogens with one attached hydrogen (secondary N) is 1. The average molecular weight is 336 g/mol. The molecular weight excluding hydrogens is 321 g/mol. The fraction of sp³-hybridized carbons (Fsp3) is 0.500. The lowest BCUT2D eigenvalue weighted by atomic mass is 9.92. The molecule has 6 heteroatoms. The summed E-state index contributed by atoms with van der Waals surface area (Å²) in [6.07, 6.45) is 0.587. The van der Waals surface area contributed by atoms with Crippen LogP contribution in [0.1, 0.15) is 18.0 Å². The summed E-state index contributed by atoms with van der Waals surface area (Å²) >= 11 is 3.21. The first-order valence-electron chi connectivity index (χ1n) is 5.75. The predicted molar refractivity (Wildman–Crippen MR) is 72.7 cm³/mol. The molecule has 0 aromatic heterocycles. The number of hydrogen-bond acceptors (Lipinski definition) is 3. The topological polar surface area (TPSA) is 46.2 Å². The normalized spacial score (nSPS) is 24.1. The van der Waals surface area contributed by atoms with Gasteiger partial charge in [0, 0.05) is 16.1 Å². The number of benzene rings is 1. The predicted octanol–water partition coefficient (Wildman–Crippen LogP) is 2.28. The van der Waals surface area contributed by atoms with Crippen molar-refractivity contribution >= 4 is 25.8 Å². The third-order valence-electron chi connectivity index (χ3n) is 3.35. The van der Waals surface area contributed by atoms with Crippen molar-refractivity contribution in [1.82, 2.24) is 5.32 Å². The van der Waals surface area contributed by atoms with Crippen LogP contribution in [0.5, 0.6) is 0 Å². The van der Waals surface area contributed by atoms with Gasteiger partial charge in [0.2, 0.25) is 0 Å². The smallest absolute Gasteiger partial charge is 0.150 e. The highest BCUT2D eigenvalue weighted by Crippen LogP contribution is 2.33. The van der Waals surface area contributed by atoms with E-state index in [0.717, 1.165) is 0 Å². The van der Waals surface area contributed by atoms with Crippen LogP contribution in [-0.2, 0) is 9.84 Å². The number of hydrogen-bond donors (Lipinski definition) is 1. The second kappa shape index (κ2) is 5.27. The summed E-state index contributed by atoms with van der Waals surface area (Å²) in [5.74, 6) is -0.0363. The molecule has 1 aliphatic heterocycles. The van der Waals surface area contributed by atoms with E-state index < -0.39 is 9.84 Å². The second-order valence-corrected chi connectivity index (χ2v) is 7.74. The Morgan fingerprint density at radius 1 is 1.50 bits per heavy atom. The summed E-state index contributed by atoms with van der Waals surface area (Å²) < 4.78 is 37.6. The Morgan fingerprint density at radius 3 is 2.72 bits per heavy atom. The van der Waals surface area contributed by atoms with E-state index in [1.807, 2.05) is 0 Å². The molecule has 18 heavy (non-hydrogen) atoms. The zero-order chi connectivity index (χ0) is 13.3. The van der Waals surface area contributed by atoms with E-state index in [0.29, 0.717) is 16.5 Å². The monoisotopic (exact) mass is 335 g/mol. The quantitative estimate of drug-likeness (QED) is 0.921. The van der Waals surface area contributed by atoms with Crippen LogP contribution >= 0.6 is 15.9 Å². The molecule has 1 aromatic carbocycles. The van der Waals surface area contributed by atoms with Crippen molar-refractivity contribution in [3.8, 4) is 0 Å². The van der Waals surface area contributed by atoms with Gasteiger partial charge in [0.15, 0.2) is 9.84 Å². The Balaban J connectivity index is 2.29. The summed E-state index contributed by atoms with van der Waals surface area (Å²) in [7, 11) is -1.22. The van der Waals surface area contributed by atoms with Gasteiger partial charge in [-0.2, -0.15) is 0 Å². The molecule has 1 saturated heterocycles. The molecule has 1 aliphatic rings. The number of halogens is 2. The van der Waals surface area contributed by atoms with Gasteiger partial charge in [-0.25, -0.2) is 12.8 Å². The van der Waals surface area contributed by atoms with E-state index in [4.69, 9.17) is 0 Å². The maximum absolute atomic E-state index is 13.9.